The second kappa shape index (κ2) is 3.15. The van der Waals surface area contributed by atoms with Gasteiger partial charge < -0.3 is 0 Å². The summed E-state index contributed by atoms with van der Waals surface area (Å²) in [7, 11) is 0. The van der Waals surface area contributed by atoms with Crippen molar-refractivity contribution in [3.8, 4) is 0 Å². The number of nitrogens with zero attached hydrogens (tertiary/aromatic N) is 2. The Morgan fingerprint density at radius 3 is 2.64 bits per heavy atom. The van der Waals surface area contributed by atoms with Crippen LogP contribution in [0.15, 0.2) is 6.07 Å². The van der Waals surface area contributed by atoms with Crippen molar-refractivity contribution in [2.45, 2.75) is 6.92 Å². The van der Waals surface area contributed by atoms with Gasteiger partial charge in [-0.15, -0.1) is 5.10 Å². The van der Waals surface area contributed by atoms with Crippen LogP contribution in [0.1, 0.15) is 16.2 Å². The Balaban J connectivity index is 3.20. The van der Waals surface area contributed by atoms with Gasteiger partial charge in [-0.05, 0) is 24.6 Å². The van der Waals surface area contributed by atoms with Crippen LogP contribution in [-0.2, 0) is 0 Å². The molecule has 0 spiro atoms. The molecule has 3 nitrogen and oxygen atoms in total. The molecule has 0 amide bonds. The fraction of sp³-hybridized carbons (Fsp3) is 0.167. The van der Waals surface area contributed by atoms with Crippen molar-refractivity contribution in [1.29, 1.82) is 0 Å². The summed E-state index contributed by atoms with van der Waals surface area (Å²) >= 11 is 10.8. The van der Waals surface area contributed by atoms with E-state index >= 15 is 0 Å². The van der Waals surface area contributed by atoms with Crippen LogP contribution in [0.25, 0.3) is 0 Å². The Morgan fingerprint density at radius 2 is 2.18 bits per heavy atom. The van der Waals surface area contributed by atoms with E-state index in [1.54, 1.807) is 6.92 Å². The minimum Gasteiger partial charge on any atom is -0.274 e. The Bertz CT molecular complexity index is 301. The Labute approximate surface area is 73.3 Å². The summed E-state index contributed by atoms with van der Waals surface area (Å²) < 4.78 is 0. The summed E-state index contributed by atoms with van der Waals surface area (Å²) in [5, 5.41) is 6.68. The van der Waals surface area contributed by atoms with Gasteiger partial charge in [0.2, 0.25) is 0 Å². The lowest BCUT2D eigenvalue weighted by atomic mass is 10.3. The molecule has 0 radical (unpaired) electrons. The van der Waals surface area contributed by atoms with E-state index in [0.717, 1.165) is 0 Å². The normalized spacial score (nSPS) is 9.73. The van der Waals surface area contributed by atoms with E-state index in [-0.39, 0.29) is 10.7 Å². The quantitative estimate of drug-likeness (QED) is 0.635. The number of hydrogen-bond acceptors (Lipinski definition) is 3. The van der Waals surface area contributed by atoms with Crippen molar-refractivity contribution in [3.05, 3.63) is 22.5 Å². The van der Waals surface area contributed by atoms with Crippen LogP contribution < -0.4 is 0 Å². The molecule has 1 rings (SSSR count). The van der Waals surface area contributed by atoms with Crippen molar-refractivity contribution < 1.29 is 4.79 Å². The molecular formula is C6H4Cl2N2O. The molecule has 1 aromatic heterocycles. The van der Waals surface area contributed by atoms with E-state index in [9.17, 15) is 4.79 Å². The summed E-state index contributed by atoms with van der Waals surface area (Å²) in [6.45, 7) is 1.72. The van der Waals surface area contributed by atoms with Gasteiger partial charge in [0.1, 0.15) is 0 Å². The third kappa shape index (κ3) is 1.88. The molecule has 0 aliphatic rings. The molecule has 0 atom stereocenters. The standard InChI is InChI=1S/C6H4Cl2N2O/c1-3-2-4(7)5(6(8)11)10-9-3/h2H,1H3. The molecule has 0 aromatic carbocycles. The Kier molecular flexibility index (Phi) is 2.42. The van der Waals surface area contributed by atoms with E-state index in [2.05, 4.69) is 10.2 Å². The highest BCUT2D eigenvalue weighted by Crippen LogP contribution is 2.14. The highest BCUT2D eigenvalue weighted by molar-refractivity contribution is 6.68. The molecule has 0 N–H and O–H groups in total. The van der Waals surface area contributed by atoms with Gasteiger partial charge >= 0.3 is 0 Å². The van der Waals surface area contributed by atoms with Gasteiger partial charge in [0.15, 0.2) is 5.69 Å². The fourth-order valence-corrected chi connectivity index (χ4v) is 1.06. The third-order valence-corrected chi connectivity index (χ3v) is 1.52. The molecule has 0 fully saturated rings. The monoisotopic (exact) mass is 190 g/mol. The van der Waals surface area contributed by atoms with Crippen molar-refractivity contribution in [1.82, 2.24) is 10.2 Å². The zero-order valence-electron chi connectivity index (χ0n) is 5.64. The molecule has 0 unspecified atom stereocenters. The van der Waals surface area contributed by atoms with Gasteiger partial charge in [0.05, 0.1) is 10.7 Å². The summed E-state index contributed by atoms with van der Waals surface area (Å²) in [5.74, 6) is 0. The van der Waals surface area contributed by atoms with E-state index in [1.807, 2.05) is 0 Å². The van der Waals surface area contributed by atoms with Gasteiger partial charge in [-0.2, -0.15) is 5.10 Å². The molecule has 0 saturated carbocycles. The maximum atomic E-state index is 10.6. The molecule has 11 heavy (non-hydrogen) atoms. The predicted octanol–water partition coefficient (Wildman–Crippen LogP) is 1.82. The molecule has 0 aliphatic heterocycles. The molecule has 1 heterocycles. The molecular weight excluding hydrogens is 187 g/mol. The van der Waals surface area contributed by atoms with Gasteiger partial charge in [-0.25, -0.2) is 0 Å². The van der Waals surface area contributed by atoms with Crippen LogP contribution in [0.3, 0.4) is 0 Å². The first-order valence-corrected chi connectivity index (χ1v) is 3.56. The van der Waals surface area contributed by atoms with Crippen LogP contribution in [-0.4, -0.2) is 15.4 Å². The summed E-state index contributed by atoms with van der Waals surface area (Å²) in [6, 6.07) is 1.53. The molecule has 0 bridgehead atoms. The topological polar surface area (TPSA) is 42.9 Å². The van der Waals surface area contributed by atoms with Gasteiger partial charge in [-0.1, -0.05) is 11.6 Å². The average molecular weight is 191 g/mol. The van der Waals surface area contributed by atoms with Crippen LogP contribution in [0.4, 0.5) is 0 Å². The molecule has 5 heteroatoms. The second-order valence-electron chi connectivity index (χ2n) is 1.96. The SMILES string of the molecule is Cc1cc(Cl)c(C(=O)Cl)nn1. The van der Waals surface area contributed by atoms with E-state index in [0.29, 0.717) is 5.69 Å². The van der Waals surface area contributed by atoms with Crippen molar-refractivity contribution in [3.63, 3.8) is 0 Å². The van der Waals surface area contributed by atoms with Gasteiger partial charge in [0.25, 0.3) is 5.24 Å². The molecule has 1 aromatic rings. The van der Waals surface area contributed by atoms with E-state index < -0.39 is 5.24 Å². The second-order valence-corrected chi connectivity index (χ2v) is 2.71. The molecule has 0 aliphatic carbocycles. The number of aryl methyl sites for hydroxylation is 1. The van der Waals surface area contributed by atoms with Crippen LogP contribution in [0.5, 0.6) is 0 Å². The fourth-order valence-electron chi connectivity index (χ4n) is 0.590. The van der Waals surface area contributed by atoms with Crippen molar-refractivity contribution >= 4 is 28.4 Å². The van der Waals surface area contributed by atoms with E-state index in [4.69, 9.17) is 23.2 Å². The van der Waals surface area contributed by atoms with Gasteiger partial charge in [0, 0.05) is 0 Å². The average Bonchev–Trinajstić information content (AvgIpc) is 1.85. The number of halogens is 2. The highest BCUT2D eigenvalue weighted by Gasteiger charge is 2.09. The highest BCUT2D eigenvalue weighted by atomic mass is 35.5. The zero-order valence-corrected chi connectivity index (χ0v) is 7.15. The number of carbonyl (C=O) groups excluding carboxylic acids is 1. The number of rotatable bonds is 1. The van der Waals surface area contributed by atoms with Crippen molar-refractivity contribution in [2.24, 2.45) is 0 Å². The Morgan fingerprint density at radius 1 is 1.55 bits per heavy atom. The lowest BCUT2D eigenvalue weighted by molar-refractivity contribution is 0.107. The number of hydrogen-bond donors (Lipinski definition) is 0. The first kappa shape index (κ1) is 8.43. The molecule has 0 saturated heterocycles. The lowest BCUT2D eigenvalue weighted by Gasteiger charge is -1.95. The summed E-state index contributed by atoms with van der Waals surface area (Å²) in [4.78, 5) is 10.6. The molecule has 58 valence electrons. The number of aromatic nitrogens is 2. The first-order chi connectivity index (χ1) is 5.11. The maximum Gasteiger partial charge on any atom is 0.274 e. The lowest BCUT2D eigenvalue weighted by Crippen LogP contribution is -1.98. The summed E-state index contributed by atoms with van der Waals surface area (Å²) in [5.41, 5.74) is 0.649. The smallest absolute Gasteiger partial charge is 0.274 e. The van der Waals surface area contributed by atoms with Crippen molar-refractivity contribution in [2.75, 3.05) is 0 Å². The zero-order chi connectivity index (χ0) is 8.43. The van der Waals surface area contributed by atoms with Crippen LogP contribution in [0.2, 0.25) is 5.02 Å². The maximum absolute atomic E-state index is 10.6. The van der Waals surface area contributed by atoms with Gasteiger partial charge in [-0.3, -0.25) is 4.79 Å². The largest absolute Gasteiger partial charge is 0.274 e. The predicted molar refractivity (Wildman–Crippen MR) is 42.0 cm³/mol. The summed E-state index contributed by atoms with van der Waals surface area (Å²) in [6.07, 6.45) is 0. The van der Waals surface area contributed by atoms with Crippen LogP contribution >= 0.6 is 23.2 Å². The minimum absolute atomic E-state index is 0.000988. The minimum atomic E-state index is -0.692. The first-order valence-electron chi connectivity index (χ1n) is 2.81. The Hall–Kier alpha value is -0.670. The van der Waals surface area contributed by atoms with E-state index in [1.165, 1.54) is 6.07 Å². The number of carbonyl (C=O) groups is 1. The third-order valence-electron chi connectivity index (χ3n) is 1.06. The van der Waals surface area contributed by atoms with Crippen LogP contribution in [0, 0.1) is 6.92 Å².